The number of fused-ring (bicyclic) bond motifs is 1. The highest BCUT2D eigenvalue weighted by atomic mass is 16.5. The van der Waals surface area contributed by atoms with E-state index < -0.39 is 11.5 Å². The third-order valence-corrected chi connectivity index (χ3v) is 2.55. The van der Waals surface area contributed by atoms with E-state index in [0.29, 0.717) is 11.3 Å². The number of methoxy groups -OCH3 is 1. The van der Waals surface area contributed by atoms with E-state index in [1.807, 2.05) is 0 Å². The average Bonchev–Trinajstić information content (AvgIpc) is 2.37. The Balaban J connectivity index is 2.58. The van der Waals surface area contributed by atoms with Crippen LogP contribution < -0.4 is 10.3 Å². The van der Waals surface area contributed by atoms with Crippen molar-refractivity contribution in [2.45, 2.75) is 6.92 Å². The Kier molecular flexibility index (Phi) is 3.32. The fraction of sp³-hybridized carbons (Fsp3) is 0.231. The summed E-state index contributed by atoms with van der Waals surface area (Å²) in [6.07, 6.45) is 0. The number of hydrogen-bond donors (Lipinski definition) is 1. The van der Waals surface area contributed by atoms with Gasteiger partial charge in [0.05, 0.1) is 13.7 Å². The fourth-order valence-electron chi connectivity index (χ4n) is 1.67. The minimum Gasteiger partial charge on any atom is -0.497 e. The van der Waals surface area contributed by atoms with E-state index in [4.69, 9.17) is 9.47 Å². The summed E-state index contributed by atoms with van der Waals surface area (Å²) in [5.74, 6) is 0.0350. The van der Waals surface area contributed by atoms with Crippen LogP contribution in [-0.2, 0) is 4.74 Å². The molecule has 1 N–H and O–H groups in total. The minimum atomic E-state index is -0.622. The average molecular weight is 247 g/mol. The Morgan fingerprint density at radius 1 is 1.33 bits per heavy atom. The molecule has 0 unspecified atom stereocenters. The van der Waals surface area contributed by atoms with Crippen molar-refractivity contribution in [3.8, 4) is 5.75 Å². The molecule has 0 atom stereocenters. The summed E-state index contributed by atoms with van der Waals surface area (Å²) in [6.45, 7) is 1.92. The monoisotopic (exact) mass is 247 g/mol. The van der Waals surface area contributed by atoms with Gasteiger partial charge < -0.3 is 14.5 Å². The van der Waals surface area contributed by atoms with E-state index in [2.05, 4.69) is 4.98 Å². The number of carbonyl (C=O) groups is 1. The highest BCUT2D eigenvalue weighted by Crippen LogP contribution is 2.18. The molecule has 0 saturated carbocycles. The van der Waals surface area contributed by atoms with Crippen molar-refractivity contribution >= 4 is 16.9 Å². The van der Waals surface area contributed by atoms with E-state index in [-0.39, 0.29) is 12.2 Å². The molecule has 0 aliphatic rings. The number of rotatable bonds is 3. The molecule has 5 nitrogen and oxygen atoms in total. The lowest BCUT2D eigenvalue weighted by molar-refractivity contribution is 0.0524. The van der Waals surface area contributed by atoms with Crippen LogP contribution in [0.4, 0.5) is 0 Å². The van der Waals surface area contributed by atoms with Crippen molar-refractivity contribution in [2.75, 3.05) is 13.7 Å². The lowest BCUT2D eigenvalue weighted by atomic mass is 10.1. The fourth-order valence-corrected chi connectivity index (χ4v) is 1.67. The van der Waals surface area contributed by atoms with Gasteiger partial charge in [0.2, 0.25) is 0 Å². The molecule has 0 aliphatic carbocycles. The van der Waals surface area contributed by atoms with Crippen molar-refractivity contribution in [3.05, 3.63) is 40.2 Å². The van der Waals surface area contributed by atoms with E-state index >= 15 is 0 Å². The summed E-state index contributed by atoms with van der Waals surface area (Å²) in [5, 5.41) is 0.719. The first-order chi connectivity index (χ1) is 8.65. The Labute approximate surface area is 103 Å². The van der Waals surface area contributed by atoms with Gasteiger partial charge in [-0.05, 0) is 31.2 Å². The van der Waals surface area contributed by atoms with Gasteiger partial charge in [-0.3, -0.25) is 4.79 Å². The third-order valence-electron chi connectivity index (χ3n) is 2.55. The number of pyridine rings is 1. The van der Waals surface area contributed by atoms with Crippen LogP contribution in [0.3, 0.4) is 0 Å². The molecule has 1 aromatic heterocycles. The number of hydrogen-bond acceptors (Lipinski definition) is 4. The zero-order valence-electron chi connectivity index (χ0n) is 10.1. The van der Waals surface area contributed by atoms with Gasteiger partial charge in [0.1, 0.15) is 11.3 Å². The summed E-state index contributed by atoms with van der Waals surface area (Å²) >= 11 is 0. The smallest absolute Gasteiger partial charge is 0.343 e. The van der Waals surface area contributed by atoms with Gasteiger partial charge in [-0.15, -0.1) is 0 Å². The van der Waals surface area contributed by atoms with Crippen molar-refractivity contribution in [1.82, 2.24) is 4.98 Å². The number of carbonyl (C=O) groups excluding carboxylic acids is 1. The second-order valence-electron chi connectivity index (χ2n) is 3.69. The first-order valence-corrected chi connectivity index (χ1v) is 5.54. The van der Waals surface area contributed by atoms with Gasteiger partial charge in [0.25, 0.3) is 5.56 Å². The summed E-state index contributed by atoms with van der Waals surface area (Å²) in [5.41, 5.74) is 0.192. The van der Waals surface area contributed by atoms with Crippen LogP contribution in [0.1, 0.15) is 17.3 Å². The van der Waals surface area contributed by atoms with Crippen molar-refractivity contribution in [1.29, 1.82) is 0 Å². The standard InChI is InChI=1S/C13H13NO4/c1-3-18-13(16)10-7-8-6-9(17-2)4-5-11(8)14-12(10)15/h4-7H,3H2,1-2H3,(H,14,15). The van der Waals surface area contributed by atoms with Crippen LogP contribution >= 0.6 is 0 Å². The van der Waals surface area contributed by atoms with Crippen molar-refractivity contribution < 1.29 is 14.3 Å². The molecule has 0 amide bonds. The predicted molar refractivity (Wildman–Crippen MR) is 67.1 cm³/mol. The predicted octanol–water partition coefficient (Wildman–Crippen LogP) is 1.71. The topological polar surface area (TPSA) is 68.4 Å². The molecule has 1 aromatic carbocycles. The summed E-state index contributed by atoms with van der Waals surface area (Å²) in [6, 6.07) is 6.72. The van der Waals surface area contributed by atoms with Gasteiger partial charge in [-0.2, -0.15) is 0 Å². The lowest BCUT2D eigenvalue weighted by Gasteiger charge is -2.05. The molecule has 0 bridgehead atoms. The molecule has 2 rings (SSSR count). The van der Waals surface area contributed by atoms with Gasteiger partial charge in [-0.25, -0.2) is 4.79 Å². The molecule has 94 valence electrons. The van der Waals surface area contributed by atoms with Gasteiger partial charge in [-0.1, -0.05) is 0 Å². The minimum absolute atomic E-state index is 0.00222. The van der Waals surface area contributed by atoms with Gasteiger partial charge >= 0.3 is 5.97 Å². The summed E-state index contributed by atoms with van der Waals surface area (Å²) in [7, 11) is 1.55. The van der Waals surface area contributed by atoms with Gasteiger partial charge in [0.15, 0.2) is 0 Å². The zero-order valence-corrected chi connectivity index (χ0v) is 10.1. The SMILES string of the molecule is CCOC(=O)c1cc2cc(OC)ccc2[nH]c1=O. The Morgan fingerprint density at radius 2 is 2.11 bits per heavy atom. The lowest BCUT2D eigenvalue weighted by Crippen LogP contribution is -2.19. The van der Waals surface area contributed by atoms with Crippen LogP contribution in [0.2, 0.25) is 0 Å². The normalized spacial score (nSPS) is 10.3. The van der Waals surface area contributed by atoms with Crippen LogP contribution in [0.25, 0.3) is 10.9 Å². The Hall–Kier alpha value is -2.30. The highest BCUT2D eigenvalue weighted by Gasteiger charge is 2.12. The van der Waals surface area contributed by atoms with Gasteiger partial charge in [0, 0.05) is 10.9 Å². The summed E-state index contributed by atoms with van der Waals surface area (Å²) in [4.78, 5) is 25.9. The van der Waals surface area contributed by atoms with Crippen LogP contribution in [-0.4, -0.2) is 24.7 Å². The zero-order chi connectivity index (χ0) is 13.1. The second kappa shape index (κ2) is 4.91. The number of esters is 1. The molecule has 0 radical (unpaired) electrons. The van der Waals surface area contributed by atoms with Crippen LogP contribution in [0.15, 0.2) is 29.1 Å². The van der Waals surface area contributed by atoms with Crippen LogP contribution in [0, 0.1) is 0 Å². The highest BCUT2D eigenvalue weighted by molar-refractivity contribution is 5.93. The van der Waals surface area contributed by atoms with Crippen molar-refractivity contribution in [3.63, 3.8) is 0 Å². The van der Waals surface area contributed by atoms with E-state index in [0.717, 1.165) is 5.39 Å². The number of aromatic nitrogens is 1. The molecule has 2 aromatic rings. The first-order valence-electron chi connectivity index (χ1n) is 5.54. The number of aromatic amines is 1. The number of H-pyrrole nitrogens is 1. The maximum atomic E-state index is 11.7. The molecule has 18 heavy (non-hydrogen) atoms. The first kappa shape index (κ1) is 12.2. The second-order valence-corrected chi connectivity index (χ2v) is 3.69. The molecule has 0 spiro atoms. The summed E-state index contributed by atoms with van der Waals surface area (Å²) < 4.78 is 9.92. The molecule has 0 fully saturated rings. The quantitative estimate of drug-likeness (QED) is 0.838. The van der Waals surface area contributed by atoms with Crippen LogP contribution in [0.5, 0.6) is 5.75 Å². The number of nitrogens with one attached hydrogen (secondary N) is 1. The van der Waals surface area contributed by atoms with E-state index in [1.165, 1.54) is 6.07 Å². The third kappa shape index (κ3) is 2.20. The Morgan fingerprint density at radius 3 is 2.78 bits per heavy atom. The molecule has 0 aliphatic heterocycles. The molecular formula is C13H13NO4. The number of ether oxygens (including phenoxy) is 2. The number of benzene rings is 1. The van der Waals surface area contributed by atoms with E-state index in [1.54, 1.807) is 32.2 Å². The maximum Gasteiger partial charge on any atom is 0.343 e. The molecule has 0 saturated heterocycles. The maximum absolute atomic E-state index is 11.7. The Bertz CT molecular complexity index is 645. The molecule has 1 heterocycles. The molecule has 5 heteroatoms. The van der Waals surface area contributed by atoms with E-state index in [9.17, 15) is 9.59 Å². The van der Waals surface area contributed by atoms with Crippen molar-refractivity contribution in [2.24, 2.45) is 0 Å². The largest absolute Gasteiger partial charge is 0.497 e. The molecular weight excluding hydrogens is 234 g/mol.